The molecule has 0 bridgehead atoms. The smallest absolute Gasteiger partial charge is 0.160 e. The van der Waals surface area contributed by atoms with E-state index in [1.165, 1.54) is 54.1 Å². The molecule has 3 nitrogen and oxygen atoms in total. The van der Waals surface area contributed by atoms with Crippen LogP contribution in [0.2, 0.25) is 0 Å². The van der Waals surface area contributed by atoms with Gasteiger partial charge < -0.3 is 4.57 Å². The number of nitrogens with zero attached hydrogens (tertiary/aromatic N) is 3. The number of hydrogen-bond acceptors (Lipinski definition) is 2. The average molecular weight is 598 g/mol. The van der Waals surface area contributed by atoms with Crippen molar-refractivity contribution in [2.45, 2.75) is 0 Å². The summed E-state index contributed by atoms with van der Waals surface area (Å²) in [6.45, 7) is 0. The van der Waals surface area contributed by atoms with Gasteiger partial charge in [-0.25, -0.2) is 9.97 Å². The minimum atomic E-state index is 0.716. The van der Waals surface area contributed by atoms with Crippen LogP contribution in [0.25, 0.3) is 93.4 Å². The van der Waals surface area contributed by atoms with E-state index in [9.17, 15) is 0 Å². The molecule has 0 N–H and O–H groups in total. The van der Waals surface area contributed by atoms with Gasteiger partial charge in [-0.15, -0.1) is 0 Å². The van der Waals surface area contributed by atoms with E-state index in [0.717, 1.165) is 33.4 Å². The van der Waals surface area contributed by atoms with Crippen LogP contribution >= 0.6 is 0 Å². The molecule has 10 rings (SSSR count). The summed E-state index contributed by atoms with van der Waals surface area (Å²) in [5.41, 5.74) is 7.38. The Morgan fingerprint density at radius 1 is 0.362 bits per heavy atom. The van der Waals surface area contributed by atoms with E-state index in [4.69, 9.17) is 9.97 Å². The van der Waals surface area contributed by atoms with Crippen LogP contribution in [0, 0.1) is 0 Å². The molecule has 0 fully saturated rings. The van der Waals surface area contributed by atoms with Crippen molar-refractivity contribution in [3.63, 3.8) is 0 Å². The molecule has 2 heterocycles. The Balaban J connectivity index is 1.26. The van der Waals surface area contributed by atoms with E-state index < -0.39 is 0 Å². The number of para-hydroxylation sites is 2. The Hall–Kier alpha value is -6.32. The minimum Gasteiger partial charge on any atom is -0.309 e. The van der Waals surface area contributed by atoms with Gasteiger partial charge in [0.15, 0.2) is 5.82 Å². The van der Waals surface area contributed by atoms with Crippen LogP contribution in [-0.4, -0.2) is 14.5 Å². The second-order valence-corrected chi connectivity index (χ2v) is 12.2. The number of aromatic nitrogens is 3. The predicted molar refractivity (Wildman–Crippen MR) is 197 cm³/mol. The van der Waals surface area contributed by atoms with Crippen LogP contribution in [0.5, 0.6) is 0 Å². The molecule has 0 radical (unpaired) electrons. The summed E-state index contributed by atoms with van der Waals surface area (Å²) >= 11 is 0. The predicted octanol–water partition coefficient (Wildman–Crippen LogP) is 11.5. The summed E-state index contributed by atoms with van der Waals surface area (Å²) in [5, 5.41) is 11.3. The average Bonchev–Trinajstić information content (AvgIpc) is 3.49. The second-order valence-electron chi connectivity index (χ2n) is 12.2. The maximum atomic E-state index is 5.17. The summed E-state index contributed by atoms with van der Waals surface area (Å²) in [6.07, 6.45) is 0. The maximum Gasteiger partial charge on any atom is 0.160 e. The van der Waals surface area contributed by atoms with Crippen LogP contribution in [-0.2, 0) is 0 Å². The highest BCUT2D eigenvalue weighted by Gasteiger charge is 2.19. The number of hydrogen-bond donors (Lipinski definition) is 0. The summed E-state index contributed by atoms with van der Waals surface area (Å²) in [4.78, 5) is 10.2. The lowest BCUT2D eigenvalue weighted by Crippen LogP contribution is -1.97. The van der Waals surface area contributed by atoms with Gasteiger partial charge in [0.1, 0.15) is 0 Å². The van der Waals surface area contributed by atoms with Crippen molar-refractivity contribution < 1.29 is 0 Å². The molecule has 47 heavy (non-hydrogen) atoms. The normalized spacial score (nSPS) is 11.8. The van der Waals surface area contributed by atoms with Crippen molar-refractivity contribution in [2.24, 2.45) is 0 Å². The van der Waals surface area contributed by atoms with E-state index in [-0.39, 0.29) is 0 Å². The highest BCUT2D eigenvalue weighted by atomic mass is 15.0. The van der Waals surface area contributed by atoms with E-state index in [0.29, 0.717) is 5.82 Å². The molecule has 10 aromatic rings. The van der Waals surface area contributed by atoms with E-state index in [1.54, 1.807) is 0 Å². The van der Waals surface area contributed by atoms with Gasteiger partial charge in [0, 0.05) is 38.4 Å². The third-order valence-electron chi connectivity index (χ3n) is 9.56. The van der Waals surface area contributed by atoms with E-state index in [1.807, 2.05) is 12.1 Å². The summed E-state index contributed by atoms with van der Waals surface area (Å²) in [5.74, 6) is 0.716. The van der Waals surface area contributed by atoms with Gasteiger partial charge in [-0.3, -0.25) is 0 Å². The molecule has 8 aromatic carbocycles. The highest BCUT2D eigenvalue weighted by molar-refractivity contribution is 6.35. The molecule has 0 aliphatic carbocycles. The Labute approximate surface area is 271 Å². The summed E-state index contributed by atoms with van der Waals surface area (Å²) < 4.78 is 2.40. The van der Waals surface area contributed by atoms with Crippen molar-refractivity contribution in [1.29, 1.82) is 0 Å². The van der Waals surface area contributed by atoms with Gasteiger partial charge in [-0.2, -0.15) is 0 Å². The largest absolute Gasteiger partial charge is 0.309 e. The fourth-order valence-electron chi connectivity index (χ4n) is 7.54. The van der Waals surface area contributed by atoms with Crippen molar-refractivity contribution >= 4 is 65.0 Å². The molecular weight excluding hydrogens is 571 g/mol. The molecule has 3 heteroatoms. The lowest BCUT2D eigenvalue weighted by molar-refractivity contribution is 1.17. The summed E-state index contributed by atoms with van der Waals surface area (Å²) in [7, 11) is 0. The summed E-state index contributed by atoms with van der Waals surface area (Å²) in [6, 6.07) is 58.3. The topological polar surface area (TPSA) is 30.7 Å². The standard InChI is InChI=1S/C44H27N3/c1-2-13-28(14-3-1)43-36-21-8-10-23-38(36)45-44(46-43)29-15-12-16-30(27-29)47-39-24-11-9-22-37(39)42-40(47)26-25-35-33-19-5-4-17-31(33)32-18-6-7-20-34(32)41(35)42/h1-27H. The van der Waals surface area contributed by atoms with Crippen molar-refractivity contribution in [3.05, 3.63) is 164 Å². The fourth-order valence-corrected chi connectivity index (χ4v) is 7.54. The van der Waals surface area contributed by atoms with Gasteiger partial charge in [-0.1, -0.05) is 133 Å². The Morgan fingerprint density at radius 2 is 0.957 bits per heavy atom. The monoisotopic (exact) mass is 597 g/mol. The van der Waals surface area contributed by atoms with Gasteiger partial charge in [-0.05, 0) is 57.3 Å². The number of benzene rings is 8. The third-order valence-corrected chi connectivity index (χ3v) is 9.56. The van der Waals surface area contributed by atoms with Gasteiger partial charge in [0.05, 0.1) is 22.2 Å². The van der Waals surface area contributed by atoms with Crippen molar-refractivity contribution in [3.8, 4) is 28.3 Å². The molecule has 0 saturated carbocycles. The quantitative estimate of drug-likeness (QED) is 0.190. The zero-order chi connectivity index (χ0) is 30.9. The SMILES string of the molecule is c1ccc(-c2nc(-c3cccc(-n4c5ccccc5c5c6c7ccccc7c7ccccc7c6ccc54)c3)nc3ccccc23)cc1. The van der Waals surface area contributed by atoms with Gasteiger partial charge in [0.2, 0.25) is 0 Å². The molecule has 0 spiro atoms. The zero-order valence-electron chi connectivity index (χ0n) is 25.4. The highest BCUT2D eigenvalue weighted by Crippen LogP contribution is 2.43. The third kappa shape index (κ3) is 3.87. The van der Waals surface area contributed by atoms with Crippen LogP contribution in [0.15, 0.2) is 164 Å². The van der Waals surface area contributed by atoms with Crippen LogP contribution in [0.3, 0.4) is 0 Å². The first-order valence-electron chi connectivity index (χ1n) is 16.0. The first-order chi connectivity index (χ1) is 23.3. The minimum absolute atomic E-state index is 0.716. The molecule has 2 aromatic heterocycles. The van der Waals surface area contributed by atoms with Crippen LogP contribution in [0.1, 0.15) is 0 Å². The molecule has 0 amide bonds. The van der Waals surface area contributed by atoms with Crippen molar-refractivity contribution in [2.75, 3.05) is 0 Å². The number of fused-ring (bicyclic) bond motifs is 11. The molecule has 218 valence electrons. The first kappa shape index (κ1) is 26.0. The molecular formula is C44H27N3. The Bertz CT molecular complexity index is 2810. The molecule has 0 unspecified atom stereocenters. The molecule has 0 aliphatic rings. The Kier molecular flexibility index (Phi) is 5.57. The lowest BCUT2D eigenvalue weighted by Gasteiger charge is -2.13. The molecule has 0 saturated heterocycles. The molecule has 0 atom stereocenters. The van der Waals surface area contributed by atoms with Crippen LogP contribution < -0.4 is 0 Å². The van der Waals surface area contributed by atoms with Crippen molar-refractivity contribution in [1.82, 2.24) is 14.5 Å². The lowest BCUT2D eigenvalue weighted by atomic mass is 9.92. The van der Waals surface area contributed by atoms with Crippen LogP contribution in [0.4, 0.5) is 0 Å². The van der Waals surface area contributed by atoms with Gasteiger partial charge >= 0.3 is 0 Å². The first-order valence-corrected chi connectivity index (χ1v) is 16.0. The van der Waals surface area contributed by atoms with Gasteiger partial charge in [0.25, 0.3) is 0 Å². The maximum absolute atomic E-state index is 5.17. The van der Waals surface area contributed by atoms with E-state index in [2.05, 4.69) is 156 Å². The second kappa shape index (κ2) is 10.1. The Morgan fingerprint density at radius 3 is 1.74 bits per heavy atom. The van der Waals surface area contributed by atoms with E-state index >= 15 is 0 Å². The fraction of sp³-hybridized carbons (Fsp3) is 0. The number of rotatable bonds is 3. The zero-order valence-corrected chi connectivity index (χ0v) is 25.4. The molecule has 0 aliphatic heterocycles.